The molecule has 0 heterocycles. The lowest BCUT2D eigenvalue weighted by molar-refractivity contribution is -0.125. The number of rotatable bonds is 5. The van der Waals surface area contributed by atoms with Crippen LogP contribution >= 0.6 is 0 Å². The Morgan fingerprint density at radius 1 is 1.21 bits per heavy atom. The molecular weight excluding hydrogens is 262 g/mol. The molecule has 5 heteroatoms. The van der Waals surface area contributed by atoms with Crippen molar-refractivity contribution in [3.8, 4) is 0 Å². The monoisotopic (exact) mass is 283 g/mol. The maximum Gasteiger partial charge on any atom is 0.223 e. The third kappa shape index (κ3) is 4.35. The van der Waals surface area contributed by atoms with Crippen LogP contribution in [0.4, 0.5) is 0 Å². The normalized spacial score (nSPS) is 14.7. The van der Waals surface area contributed by atoms with Gasteiger partial charge in [-0.05, 0) is 31.0 Å². The molecule has 106 valence electrons. The summed E-state index contributed by atoms with van der Waals surface area (Å²) in [5.41, 5.74) is 0.893. The number of amides is 1. The first kappa shape index (κ1) is 15.7. The molecule has 0 aliphatic heterocycles. The second kappa shape index (κ2) is 6.19. The second-order valence-electron chi connectivity index (χ2n) is 4.88. The van der Waals surface area contributed by atoms with Crippen LogP contribution < -0.4 is 5.32 Å². The highest BCUT2D eigenvalue weighted by molar-refractivity contribution is 7.90. The number of benzene rings is 1. The van der Waals surface area contributed by atoms with Gasteiger partial charge in [-0.3, -0.25) is 4.79 Å². The Bertz CT molecular complexity index is 534. The van der Waals surface area contributed by atoms with Crippen molar-refractivity contribution in [2.75, 3.05) is 6.26 Å². The fraction of sp³-hybridized carbons (Fsp3) is 0.500. The first-order valence-corrected chi connectivity index (χ1v) is 8.25. The van der Waals surface area contributed by atoms with Crippen LogP contribution in [0.5, 0.6) is 0 Å². The van der Waals surface area contributed by atoms with Crippen LogP contribution in [0.3, 0.4) is 0 Å². The summed E-state index contributed by atoms with van der Waals surface area (Å²) in [6, 6.07) is 6.47. The summed E-state index contributed by atoms with van der Waals surface area (Å²) in [6.45, 7) is 5.74. The largest absolute Gasteiger partial charge is 0.349 e. The van der Waals surface area contributed by atoms with Crippen LogP contribution in [0, 0.1) is 5.92 Å². The molecule has 0 spiro atoms. The molecule has 2 atom stereocenters. The van der Waals surface area contributed by atoms with Gasteiger partial charge in [-0.2, -0.15) is 0 Å². The molecule has 4 nitrogen and oxygen atoms in total. The van der Waals surface area contributed by atoms with Crippen molar-refractivity contribution in [3.63, 3.8) is 0 Å². The predicted octanol–water partition coefficient (Wildman–Crippen LogP) is 2.31. The summed E-state index contributed by atoms with van der Waals surface area (Å²) in [6.07, 6.45) is 1.97. The van der Waals surface area contributed by atoms with E-state index in [-0.39, 0.29) is 22.8 Å². The van der Waals surface area contributed by atoms with Gasteiger partial charge >= 0.3 is 0 Å². The lowest BCUT2D eigenvalue weighted by Crippen LogP contribution is -2.31. The van der Waals surface area contributed by atoms with Crippen molar-refractivity contribution in [3.05, 3.63) is 29.8 Å². The van der Waals surface area contributed by atoms with Crippen LogP contribution in [0.1, 0.15) is 38.8 Å². The number of carbonyl (C=O) groups excluding carboxylic acids is 1. The molecule has 0 bridgehead atoms. The van der Waals surface area contributed by atoms with Gasteiger partial charge in [0.15, 0.2) is 9.84 Å². The highest BCUT2D eigenvalue weighted by Gasteiger charge is 2.15. The molecule has 0 aliphatic carbocycles. The van der Waals surface area contributed by atoms with Gasteiger partial charge in [0.25, 0.3) is 0 Å². The zero-order valence-electron chi connectivity index (χ0n) is 11.8. The van der Waals surface area contributed by atoms with E-state index in [0.29, 0.717) is 0 Å². The van der Waals surface area contributed by atoms with Crippen molar-refractivity contribution in [1.29, 1.82) is 0 Å². The van der Waals surface area contributed by atoms with E-state index < -0.39 is 9.84 Å². The Morgan fingerprint density at radius 2 is 1.74 bits per heavy atom. The number of hydrogen-bond acceptors (Lipinski definition) is 3. The van der Waals surface area contributed by atoms with Gasteiger partial charge in [0.1, 0.15) is 0 Å². The summed E-state index contributed by atoms with van der Waals surface area (Å²) >= 11 is 0. The highest BCUT2D eigenvalue weighted by atomic mass is 32.2. The first-order valence-electron chi connectivity index (χ1n) is 6.36. The van der Waals surface area contributed by atoms with E-state index in [4.69, 9.17) is 0 Å². The summed E-state index contributed by atoms with van der Waals surface area (Å²) in [7, 11) is -3.17. The van der Waals surface area contributed by atoms with Gasteiger partial charge in [-0.1, -0.05) is 26.0 Å². The summed E-state index contributed by atoms with van der Waals surface area (Å²) in [4.78, 5) is 12.1. The third-order valence-electron chi connectivity index (χ3n) is 3.23. The molecule has 0 aliphatic rings. The Kier molecular flexibility index (Phi) is 5.11. The van der Waals surface area contributed by atoms with E-state index in [0.717, 1.165) is 12.0 Å². The standard InChI is InChI=1S/C14H21NO3S/c1-5-10(2)14(16)15-11(3)12-6-8-13(9-7-12)19(4,17)18/h6-11H,5H2,1-4H3,(H,15,16)/t10-,11-/m1/s1. The smallest absolute Gasteiger partial charge is 0.223 e. The highest BCUT2D eigenvalue weighted by Crippen LogP contribution is 2.17. The minimum Gasteiger partial charge on any atom is -0.349 e. The van der Waals surface area contributed by atoms with Crippen molar-refractivity contribution >= 4 is 15.7 Å². The van der Waals surface area contributed by atoms with Crippen LogP contribution in [-0.2, 0) is 14.6 Å². The molecule has 0 saturated carbocycles. The van der Waals surface area contributed by atoms with E-state index in [1.807, 2.05) is 20.8 Å². The van der Waals surface area contributed by atoms with Crippen molar-refractivity contribution in [1.82, 2.24) is 5.32 Å². The fourth-order valence-electron chi connectivity index (χ4n) is 1.63. The average molecular weight is 283 g/mol. The van der Waals surface area contributed by atoms with Crippen LogP contribution in [-0.4, -0.2) is 20.6 Å². The molecule has 0 radical (unpaired) electrons. The predicted molar refractivity (Wildman–Crippen MR) is 75.6 cm³/mol. The molecule has 1 aromatic rings. The molecule has 0 aromatic heterocycles. The Morgan fingerprint density at radius 3 is 2.16 bits per heavy atom. The van der Waals surface area contributed by atoms with Crippen LogP contribution in [0.15, 0.2) is 29.2 Å². The van der Waals surface area contributed by atoms with Crippen molar-refractivity contribution < 1.29 is 13.2 Å². The molecule has 1 N–H and O–H groups in total. The Balaban J connectivity index is 2.79. The molecule has 19 heavy (non-hydrogen) atoms. The van der Waals surface area contributed by atoms with Crippen molar-refractivity contribution in [2.24, 2.45) is 5.92 Å². The van der Waals surface area contributed by atoms with E-state index in [1.54, 1.807) is 24.3 Å². The lowest BCUT2D eigenvalue weighted by Gasteiger charge is -2.17. The van der Waals surface area contributed by atoms with Crippen molar-refractivity contribution in [2.45, 2.75) is 38.1 Å². The minimum absolute atomic E-state index is 0.0159. The molecular formula is C14H21NO3S. The number of nitrogens with one attached hydrogen (secondary N) is 1. The van der Waals surface area contributed by atoms with Crippen LogP contribution in [0.25, 0.3) is 0 Å². The molecule has 1 aromatic carbocycles. The van der Waals surface area contributed by atoms with Gasteiger partial charge in [0, 0.05) is 12.2 Å². The Hall–Kier alpha value is -1.36. The number of carbonyl (C=O) groups is 1. The Labute approximate surface area is 115 Å². The molecule has 0 unspecified atom stereocenters. The minimum atomic E-state index is -3.17. The third-order valence-corrected chi connectivity index (χ3v) is 4.36. The fourth-order valence-corrected chi connectivity index (χ4v) is 2.26. The second-order valence-corrected chi connectivity index (χ2v) is 6.90. The van der Waals surface area contributed by atoms with E-state index >= 15 is 0 Å². The van der Waals surface area contributed by atoms with Gasteiger partial charge in [-0.15, -0.1) is 0 Å². The van der Waals surface area contributed by atoms with Crippen LogP contribution in [0.2, 0.25) is 0 Å². The zero-order chi connectivity index (χ0) is 14.6. The SMILES string of the molecule is CC[C@@H](C)C(=O)N[C@H](C)c1ccc(S(C)(=O)=O)cc1. The van der Waals surface area contributed by atoms with E-state index in [9.17, 15) is 13.2 Å². The molecule has 0 saturated heterocycles. The average Bonchev–Trinajstić information content (AvgIpc) is 2.36. The quantitative estimate of drug-likeness (QED) is 0.902. The molecule has 0 fully saturated rings. The van der Waals surface area contributed by atoms with Gasteiger partial charge in [0.2, 0.25) is 5.91 Å². The summed E-state index contributed by atoms with van der Waals surface area (Å²) in [5, 5.41) is 2.92. The molecule has 1 amide bonds. The number of hydrogen-bond donors (Lipinski definition) is 1. The van der Waals surface area contributed by atoms with E-state index in [1.165, 1.54) is 6.26 Å². The van der Waals surface area contributed by atoms with E-state index in [2.05, 4.69) is 5.32 Å². The first-order chi connectivity index (χ1) is 8.75. The number of sulfone groups is 1. The lowest BCUT2D eigenvalue weighted by atomic mass is 10.1. The molecule has 1 rings (SSSR count). The topological polar surface area (TPSA) is 63.2 Å². The summed E-state index contributed by atoms with van der Waals surface area (Å²) in [5.74, 6) is -0.0000626. The maximum atomic E-state index is 11.8. The van der Waals surface area contributed by atoms with Gasteiger partial charge in [0.05, 0.1) is 10.9 Å². The van der Waals surface area contributed by atoms with Gasteiger partial charge < -0.3 is 5.32 Å². The zero-order valence-corrected chi connectivity index (χ0v) is 12.6. The summed E-state index contributed by atoms with van der Waals surface area (Å²) < 4.78 is 22.7. The van der Waals surface area contributed by atoms with Gasteiger partial charge in [-0.25, -0.2) is 8.42 Å². The maximum absolute atomic E-state index is 11.8.